The summed E-state index contributed by atoms with van der Waals surface area (Å²) in [5.41, 5.74) is 5.70. The molecule has 1 saturated heterocycles. The van der Waals surface area contributed by atoms with Crippen molar-refractivity contribution >= 4 is 29.7 Å². The second-order valence-electron chi connectivity index (χ2n) is 4.78. The summed E-state index contributed by atoms with van der Waals surface area (Å²) in [6, 6.07) is 4.62. The molecule has 0 aliphatic carbocycles. The van der Waals surface area contributed by atoms with Crippen LogP contribution < -0.4 is 5.73 Å². The molecule has 0 saturated carbocycles. The van der Waals surface area contributed by atoms with Gasteiger partial charge in [0.15, 0.2) is 0 Å². The molecule has 1 aromatic rings. The quantitative estimate of drug-likeness (QED) is 0.926. The SMILES string of the molecule is CC(N)CCC(=O)N1CCCC1c1cccs1.Cl. The van der Waals surface area contributed by atoms with E-state index in [0.717, 1.165) is 25.8 Å². The average Bonchev–Trinajstić information content (AvgIpc) is 2.94. The summed E-state index contributed by atoms with van der Waals surface area (Å²) >= 11 is 1.75. The smallest absolute Gasteiger partial charge is 0.223 e. The highest BCUT2D eigenvalue weighted by molar-refractivity contribution is 7.10. The van der Waals surface area contributed by atoms with Crippen LogP contribution in [0.15, 0.2) is 17.5 Å². The Morgan fingerprint density at radius 2 is 2.44 bits per heavy atom. The zero-order chi connectivity index (χ0) is 12.3. The molecule has 2 heterocycles. The number of likely N-dealkylation sites (tertiary alicyclic amines) is 1. The van der Waals surface area contributed by atoms with Gasteiger partial charge in [-0.05, 0) is 37.6 Å². The number of hydrogen-bond acceptors (Lipinski definition) is 3. The van der Waals surface area contributed by atoms with Crippen LogP contribution in [0.25, 0.3) is 0 Å². The molecule has 0 bridgehead atoms. The van der Waals surface area contributed by atoms with Gasteiger partial charge in [-0.2, -0.15) is 0 Å². The number of thiophene rings is 1. The van der Waals surface area contributed by atoms with Crippen molar-refractivity contribution in [3.05, 3.63) is 22.4 Å². The summed E-state index contributed by atoms with van der Waals surface area (Å²) in [4.78, 5) is 15.5. The molecule has 2 N–H and O–H groups in total. The lowest BCUT2D eigenvalue weighted by Gasteiger charge is -2.24. The third-order valence-corrected chi connectivity index (χ3v) is 4.23. The Labute approximate surface area is 119 Å². The number of halogens is 1. The van der Waals surface area contributed by atoms with Gasteiger partial charge >= 0.3 is 0 Å². The van der Waals surface area contributed by atoms with E-state index in [-0.39, 0.29) is 24.4 Å². The van der Waals surface area contributed by atoms with Crippen molar-refractivity contribution in [2.45, 2.75) is 44.7 Å². The Kier molecular flexibility index (Phi) is 6.12. The lowest BCUT2D eigenvalue weighted by molar-refractivity contribution is -0.132. The van der Waals surface area contributed by atoms with E-state index < -0.39 is 0 Å². The molecule has 2 atom stereocenters. The van der Waals surface area contributed by atoms with Gasteiger partial charge in [0, 0.05) is 23.9 Å². The largest absolute Gasteiger partial charge is 0.335 e. The van der Waals surface area contributed by atoms with Gasteiger partial charge in [-0.3, -0.25) is 4.79 Å². The van der Waals surface area contributed by atoms with Crippen LogP contribution in [0.3, 0.4) is 0 Å². The Bertz CT molecular complexity index is 367. The van der Waals surface area contributed by atoms with Gasteiger partial charge in [0.1, 0.15) is 0 Å². The molecule has 3 nitrogen and oxygen atoms in total. The number of hydrogen-bond donors (Lipinski definition) is 1. The fourth-order valence-electron chi connectivity index (χ4n) is 2.34. The van der Waals surface area contributed by atoms with E-state index in [9.17, 15) is 4.79 Å². The van der Waals surface area contributed by atoms with E-state index in [1.165, 1.54) is 4.88 Å². The van der Waals surface area contributed by atoms with Crippen molar-refractivity contribution in [1.82, 2.24) is 4.90 Å². The van der Waals surface area contributed by atoms with E-state index in [1.54, 1.807) is 11.3 Å². The lowest BCUT2D eigenvalue weighted by Crippen LogP contribution is -2.31. The van der Waals surface area contributed by atoms with Crippen molar-refractivity contribution < 1.29 is 4.79 Å². The van der Waals surface area contributed by atoms with Crippen molar-refractivity contribution in [2.75, 3.05) is 6.54 Å². The number of nitrogens with zero attached hydrogens (tertiary/aromatic N) is 1. The minimum atomic E-state index is 0. The van der Waals surface area contributed by atoms with Gasteiger partial charge in [0.05, 0.1) is 6.04 Å². The minimum Gasteiger partial charge on any atom is -0.335 e. The van der Waals surface area contributed by atoms with Gasteiger partial charge in [-0.25, -0.2) is 0 Å². The molecule has 2 rings (SSSR count). The van der Waals surface area contributed by atoms with E-state index in [1.807, 2.05) is 11.8 Å². The number of rotatable bonds is 4. The summed E-state index contributed by atoms with van der Waals surface area (Å²) in [6.45, 7) is 2.86. The molecule has 18 heavy (non-hydrogen) atoms. The molecule has 102 valence electrons. The van der Waals surface area contributed by atoms with Crippen molar-refractivity contribution in [3.63, 3.8) is 0 Å². The van der Waals surface area contributed by atoms with Gasteiger partial charge in [-0.1, -0.05) is 6.07 Å². The maximum atomic E-state index is 12.1. The van der Waals surface area contributed by atoms with Crippen molar-refractivity contribution in [1.29, 1.82) is 0 Å². The molecule has 1 aliphatic rings. The lowest BCUT2D eigenvalue weighted by atomic mass is 10.1. The van der Waals surface area contributed by atoms with Crippen LogP contribution in [0.2, 0.25) is 0 Å². The monoisotopic (exact) mass is 288 g/mol. The average molecular weight is 289 g/mol. The number of carbonyl (C=O) groups excluding carboxylic acids is 1. The Hall–Kier alpha value is -0.580. The Balaban J connectivity index is 0.00000162. The minimum absolute atomic E-state index is 0. The van der Waals surface area contributed by atoms with Crippen molar-refractivity contribution in [3.8, 4) is 0 Å². The van der Waals surface area contributed by atoms with Crippen LogP contribution in [-0.4, -0.2) is 23.4 Å². The van der Waals surface area contributed by atoms with Crippen LogP contribution in [0.4, 0.5) is 0 Å². The van der Waals surface area contributed by atoms with Crippen LogP contribution in [0.5, 0.6) is 0 Å². The predicted octanol–water partition coefficient (Wildman–Crippen LogP) is 2.96. The summed E-state index contributed by atoms with van der Waals surface area (Å²) in [5.74, 6) is 0.262. The molecule has 1 aromatic heterocycles. The number of amides is 1. The molecule has 1 fully saturated rings. The fourth-order valence-corrected chi connectivity index (χ4v) is 3.21. The first-order valence-electron chi connectivity index (χ1n) is 6.27. The fraction of sp³-hybridized carbons (Fsp3) is 0.615. The molecule has 0 aromatic carbocycles. The van der Waals surface area contributed by atoms with Gasteiger partial charge in [0.2, 0.25) is 5.91 Å². The van der Waals surface area contributed by atoms with E-state index in [4.69, 9.17) is 5.73 Å². The molecular weight excluding hydrogens is 268 g/mol. The number of carbonyl (C=O) groups is 1. The highest BCUT2D eigenvalue weighted by Crippen LogP contribution is 2.34. The first kappa shape index (κ1) is 15.5. The molecule has 0 spiro atoms. The standard InChI is InChI=1S/C13H20N2OS.ClH/c1-10(14)6-7-13(16)15-8-2-4-11(15)12-5-3-9-17-12;/h3,5,9-11H,2,4,6-8,14H2,1H3;1H. The van der Waals surface area contributed by atoms with Crippen LogP contribution in [0.1, 0.15) is 43.5 Å². The summed E-state index contributed by atoms with van der Waals surface area (Å²) in [7, 11) is 0. The molecule has 0 radical (unpaired) electrons. The molecule has 2 unspecified atom stereocenters. The molecule has 1 aliphatic heterocycles. The van der Waals surface area contributed by atoms with Gasteiger partial charge in [-0.15, -0.1) is 23.7 Å². The first-order valence-corrected chi connectivity index (χ1v) is 7.15. The zero-order valence-corrected chi connectivity index (χ0v) is 12.3. The second kappa shape index (κ2) is 7.12. The molecular formula is C13H21ClN2OS. The maximum absolute atomic E-state index is 12.1. The number of nitrogens with two attached hydrogens (primary N) is 1. The predicted molar refractivity (Wildman–Crippen MR) is 78.1 cm³/mol. The summed E-state index contributed by atoms with van der Waals surface area (Å²) < 4.78 is 0. The third-order valence-electron chi connectivity index (χ3n) is 3.26. The summed E-state index contributed by atoms with van der Waals surface area (Å²) in [5, 5.41) is 2.08. The van der Waals surface area contributed by atoms with Gasteiger partial charge < -0.3 is 10.6 Å². The van der Waals surface area contributed by atoms with Crippen LogP contribution >= 0.6 is 23.7 Å². The normalized spacial score (nSPS) is 20.6. The third kappa shape index (κ3) is 3.70. The Morgan fingerprint density at radius 3 is 3.06 bits per heavy atom. The van der Waals surface area contributed by atoms with Gasteiger partial charge in [0.25, 0.3) is 0 Å². The molecule has 5 heteroatoms. The van der Waals surface area contributed by atoms with E-state index >= 15 is 0 Å². The Morgan fingerprint density at radius 1 is 1.67 bits per heavy atom. The highest BCUT2D eigenvalue weighted by atomic mass is 35.5. The second-order valence-corrected chi connectivity index (χ2v) is 5.76. The van der Waals surface area contributed by atoms with E-state index in [0.29, 0.717) is 12.5 Å². The van der Waals surface area contributed by atoms with E-state index in [2.05, 4.69) is 17.5 Å². The highest BCUT2D eigenvalue weighted by Gasteiger charge is 2.30. The molecule has 1 amide bonds. The van der Waals surface area contributed by atoms with Crippen LogP contribution in [0, 0.1) is 0 Å². The summed E-state index contributed by atoms with van der Waals surface area (Å²) in [6.07, 6.45) is 3.59. The first-order chi connectivity index (χ1) is 8.18. The topological polar surface area (TPSA) is 46.3 Å². The van der Waals surface area contributed by atoms with Crippen molar-refractivity contribution in [2.24, 2.45) is 5.73 Å². The zero-order valence-electron chi connectivity index (χ0n) is 10.7. The van der Waals surface area contributed by atoms with Crippen LogP contribution in [-0.2, 0) is 4.79 Å². The maximum Gasteiger partial charge on any atom is 0.223 e.